The van der Waals surface area contributed by atoms with Crippen molar-refractivity contribution in [2.45, 2.75) is 19.0 Å². The number of rotatable bonds is 5. The van der Waals surface area contributed by atoms with Gasteiger partial charge in [0, 0.05) is 11.4 Å². The molecule has 0 atom stereocenters. The number of hydrogen-bond donors (Lipinski definition) is 1. The van der Waals surface area contributed by atoms with Crippen LogP contribution in [0.3, 0.4) is 0 Å². The van der Waals surface area contributed by atoms with Gasteiger partial charge in [-0.3, -0.25) is 9.36 Å². The molecule has 0 unspecified atom stereocenters. The topological polar surface area (TPSA) is 59.8 Å². The molecule has 3 aromatic rings. The van der Waals surface area contributed by atoms with E-state index in [0.717, 1.165) is 17.2 Å². The second-order valence-electron chi connectivity index (χ2n) is 5.41. The molecule has 24 heavy (non-hydrogen) atoms. The number of thioether (sulfide) groups is 1. The lowest BCUT2D eigenvalue weighted by Crippen LogP contribution is -2.14. The van der Waals surface area contributed by atoms with E-state index in [4.69, 9.17) is 0 Å². The highest BCUT2D eigenvalue weighted by Crippen LogP contribution is 2.22. The van der Waals surface area contributed by atoms with Crippen molar-refractivity contribution >= 4 is 23.4 Å². The summed E-state index contributed by atoms with van der Waals surface area (Å²) in [6.45, 7) is 3.95. The van der Waals surface area contributed by atoms with Crippen LogP contribution in [0.1, 0.15) is 11.4 Å². The molecule has 0 aliphatic rings. The van der Waals surface area contributed by atoms with Crippen molar-refractivity contribution in [2.75, 3.05) is 11.1 Å². The lowest BCUT2D eigenvalue weighted by atomic mass is 10.2. The van der Waals surface area contributed by atoms with Crippen molar-refractivity contribution in [1.82, 2.24) is 14.8 Å². The van der Waals surface area contributed by atoms with E-state index in [-0.39, 0.29) is 11.7 Å². The maximum Gasteiger partial charge on any atom is 0.234 e. The van der Waals surface area contributed by atoms with Gasteiger partial charge in [0.25, 0.3) is 0 Å². The highest BCUT2D eigenvalue weighted by Gasteiger charge is 2.13. The Kier molecular flexibility index (Phi) is 4.96. The second-order valence-corrected chi connectivity index (χ2v) is 6.35. The van der Waals surface area contributed by atoms with Gasteiger partial charge < -0.3 is 5.32 Å². The summed E-state index contributed by atoms with van der Waals surface area (Å²) in [5.74, 6) is 1.01. The summed E-state index contributed by atoms with van der Waals surface area (Å²) in [6, 6.07) is 17.5. The molecule has 0 aliphatic carbocycles. The minimum absolute atomic E-state index is 0.0670. The van der Waals surface area contributed by atoms with Gasteiger partial charge in [-0.15, -0.1) is 10.2 Å². The molecule has 1 amide bonds. The first-order chi connectivity index (χ1) is 11.6. The smallest absolute Gasteiger partial charge is 0.234 e. The van der Waals surface area contributed by atoms with Crippen LogP contribution in [0, 0.1) is 13.8 Å². The summed E-state index contributed by atoms with van der Waals surface area (Å²) < 4.78 is 1.97. The Morgan fingerprint density at radius 1 is 1.08 bits per heavy atom. The Labute approximate surface area is 145 Å². The van der Waals surface area contributed by atoms with Crippen molar-refractivity contribution in [3.8, 4) is 5.69 Å². The molecule has 0 saturated carbocycles. The Morgan fingerprint density at radius 2 is 1.88 bits per heavy atom. The molecule has 1 aromatic heterocycles. The van der Waals surface area contributed by atoms with Gasteiger partial charge in [0.05, 0.1) is 5.75 Å². The zero-order valence-electron chi connectivity index (χ0n) is 13.6. The van der Waals surface area contributed by atoms with Crippen molar-refractivity contribution < 1.29 is 4.79 Å². The summed E-state index contributed by atoms with van der Waals surface area (Å²) in [5, 5.41) is 11.9. The fourth-order valence-electron chi connectivity index (χ4n) is 2.35. The average Bonchev–Trinajstić information content (AvgIpc) is 2.94. The molecule has 1 heterocycles. The molecule has 0 aliphatic heterocycles. The average molecular weight is 338 g/mol. The lowest BCUT2D eigenvalue weighted by molar-refractivity contribution is -0.113. The molecular formula is C18H18N4OS. The van der Waals surface area contributed by atoms with Crippen molar-refractivity contribution in [2.24, 2.45) is 0 Å². The van der Waals surface area contributed by atoms with Crippen LogP contribution >= 0.6 is 11.8 Å². The molecular weight excluding hydrogens is 320 g/mol. The third-order valence-electron chi connectivity index (χ3n) is 3.44. The third-order valence-corrected chi connectivity index (χ3v) is 4.37. The number of anilines is 1. The van der Waals surface area contributed by atoms with E-state index in [2.05, 4.69) is 21.6 Å². The van der Waals surface area contributed by atoms with Gasteiger partial charge in [-0.1, -0.05) is 42.1 Å². The largest absolute Gasteiger partial charge is 0.325 e. The van der Waals surface area contributed by atoms with E-state index in [9.17, 15) is 4.79 Å². The molecule has 0 bridgehead atoms. The van der Waals surface area contributed by atoms with Gasteiger partial charge in [0.1, 0.15) is 5.82 Å². The van der Waals surface area contributed by atoms with E-state index >= 15 is 0 Å². The van der Waals surface area contributed by atoms with Crippen molar-refractivity contribution in [3.05, 3.63) is 66.0 Å². The molecule has 122 valence electrons. The van der Waals surface area contributed by atoms with Crippen LogP contribution in [0.2, 0.25) is 0 Å². The summed E-state index contributed by atoms with van der Waals surface area (Å²) in [7, 11) is 0. The van der Waals surface area contributed by atoms with Crippen LogP contribution in [0.15, 0.2) is 59.8 Å². The number of benzene rings is 2. The number of aryl methyl sites for hydroxylation is 2. The Morgan fingerprint density at radius 3 is 2.62 bits per heavy atom. The number of para-hydroxylation sites is 1. The van der Waals surface area contributed by atoms with E-state index in [1.165, 1.54) is 17.3 Å². The zero-order chi connectivity index (χ0) is 16.9. The Balaban J connectivity index is 1.71. The third kappa shape index (κ3) is 3.83. The molecule has 0 radical (unpaired) electrons. The van der Waals surface area contributed by atoms with Gasteiger partial charge in [0.15, 0.2) is 5.16 Å². The number of carbonyl (C=O) groups is 1. The first-order valence-corrected chi connectivity index (χ1v) is 8.59. The maximum atomic E-state index is 12.1. The van der Waals surface area contributed by atoms with Crippen LogP contribution in [0.4, 0.5) is 5.69 Å². The number of amides is 1. The fourth-order valence-corrected chi connectivity index (χ4v) is 3.15. The fraction of sp³-hybridized carbons (Fsp3) is 0.167. The Bertz CT molecular complexity index is 845. The molecule has 1 N–H and O–H groups in total. The van der Waals surface area contributed by atoms with Crippen LogP contribution in [-0.2, 0) is 4.79 Å². The van der Waals surface area contributed by atoms with Gasteiger partial charge in [-0.2, -0.15) is 0 Å². The molecule has 3 rings (SSSR count). The summed E-state index contributed by atoms with van der Waals surface area (Å²) in [5.41, 5.74) is 2.96. The quantitative estimate of drug-likeness (QED) is 0.722. The van der Waals surface area contributed by atoms with Crippen molar-refractivity contribution in [3.63, 3.8) is 0 Å². The van der Waals surface area contributed by atoms with Gasteiger partial charge in [-0.05, 0) is 43.7 Å². The predicted octanol–water partition coefficient (Wildman–Crippen LogP) is 3.61. The van der Waals surface area contributed by atoms with Gasteiger partial charge >= 0.3 is 0 Å². The number of aromatic nitrogens is 3. The first-order valence-electron chi connectivity index (χ1n) is 7.60. The van der Waals surface area contributed by atoms with Crippen LogP contribution in [-0.4, -0.2) is 26.4 Å². The van der Waals surface area contributed by atoms with E-state index in [0.29, 0.717) is 5.16 Å². The SMILES string of the molecule is Cc1cccc(-n2c(C)nnc2SCC(=O)Nc2ccccc2)c1. The van der Waals surface area contributed by atoms with Crippen LogP contribution < -0.4 is 5.32 Å². The minimum atomic E-state index is -0.0670. The lowest BCUT2D eigenvalue weighted by Gasteiger charge is -2.09. The number of carbonyl (C=O) groups excluding carboxylic acids is 1. The summed E-state index contributed by atoms with van der Waals surface area (Å²) >= 11 is 1.37. The second kappa shape index (κ2) is 7.31. The highest BCUT2D eigenvalue weighted by atomic mass is 32.2. The molecule has 2 aromatic carbocycles. The van der Waals surface area contributed by atoms with E-state index in [1.807, 2.05) is 66.9 Å². The van der Waals surface area contributed by atoms with E-state index < -0.39 is 0 Å². The first kappa shape index (κ1) is 16.3. The minimum Gasteiger partial charge on any atom is -0.325 e. The molecule has 0 fully saturated rings. The number of nitrogens with zero attached hydrogens (tertiary/aromatic N) is 3. The molecule has 5 nitrogen and oxygen atoms in total. The van der Waals surface area contributed by atoms with Crippen LogP contribution in [0.5, 0.6) is 0 Å². The predicted molar refractivity (Wildman–Crippen MR) is 96.6 cm³/mol. The molecule has 0 saturated heterocycles. The maximum absolute atomic E-state index is 12.1. The van der Waals surface area contributed by atoms with Crippen LogP contribution in [0.25, 0.3) is 5.69 Å². The standard InChI is InChI=1S/C18H18N4OS/c1-13-7-6-10-16(11-13)22-14(2)20-21-18(22)24-12-17(23)19-15-8-4-3-5-9-15/h3-11H,12H2,1-2H3,(H,19,23). The molecule has 0 spiro atoms. The number of hydrogen-bond acceptors (Lipinski definition) is 4. The van der Waals surface area contributed by atoms with Crippen molar-refractivity contribution in [1.29, 1.82) is 0 Å². The summed E-state index contributed by atoms with van der Waals surface area (Å²) in [6.07, 6.45) is 0. The van der Waals surface area contributed by atoms with Gasteiger partial charge in [-0.25, -0.2) is 0 Å². The van der Waals surface area contributed by atoms with Gasteiger partial charge in [0.2, 0.25) is 5.91 Å². The zero-order valence-corrected chi connectivity index (χ0v) is 14.4. The normalized spacial score (nSPS) is 10.6. The number of nitrogens with one attached hydrogen (secondary N) is 1. The molecule has 6 heteroatoms. The highest BCUT2D eigenvalue weighted by molar-refractivity contribution is 7.99. The monoisotopic (exact) mass is 338 g/mol. The van der Waals surface area contributed by atoms with E-state index in [1.54, 1.807) is 0 Å². The summed E-state index contributed by atoms with van der Waals surface area (Å²) in [4.78, 5) is 12.1. The Hall–Kier alpha value is -2.60.